The fraction of sp³-hybridized carbons (Fsp3) is 0.455. The molecule has 1 atom stereocenters. The van der Waals surface area contributed by atoms with Gasteiger partial charge in [-0.05, 0) is 24.1 Å². The lowest BCUT2D eigenvalue weighted by Crippen LogP contribution is -2.36. The zero-order valence-corrected chi connectivity index (χ0v) is 18.6. The molecule has 0 bridgehead atoms. The Balaban J connectivity index is 1.74. The summed E-state index contributed by atoms with van der Waals surface area (Å²) >= 11 is 6.02. The van der Waals surface area contributed by atoms with E-state index in [4.69, 9.17) is 21.6 Å². The lowest BCUT2D eigenvalue weighted by molar-refractivity contribution is -0.119. The third kappa shape index (κ3) is 4.26. The smallest absolute Gasteiger partial charge is 0.217 e. The van der Waals surface area contributed by atoms with Crippen LogP contribution >= 0.6 is 11.6 Å². The van der Waals surface area contributed by atoms with E-state index in [9.17, 15) is 4.79 Å². The largest absolute Gasteiger partial charge is 0.353 e. The topological polar surface area (TPSA) is 75.9 Å². The molecule has 158 valence electrons. The number of aromatic nitrogens is 4. The van der Waals surface area contributed by atoms with Gasteiger partial charge in [-0.2, -0.15) is 0 Å². The average Bonchev–Trinajstić information content (AvgIpc) is 3.29. The first kappa shape index (κ1) is 20.6. The van der Waals surface area contributed by atoms with Crippen molar-refractivity contribution in [1.29, 1.82) is 0 Å². The summed E-state index contributed by atoms with van der Waals surface area (Å²) < 4.78 is 2.06. The Morgan fingerprint density at radius 2 is 1.97 bits per heavy atom. The quantitative estimate of drug-likeness (QED) is 0.690. The van der Waals surface area contributed by atoms with E-state index in [0.717, 1.165) is 52.9 Å². The van der Waals surface area contributed by atoms with Gasteiger partial charge in [-0.15, -0.1) is 0 Å². The molecular formula is C22H27ClN6O. The van der Waals surface area contributed by atoms with Crippen molar-refractivity contribution in [2.45, 2.75) is 52.1 Å². The number of halogens is 1. The number of carbonyl (C=O) groups is 1. The number of hydrogen-bond acceptors (Lipinski definition) is 5. The number of carbonyl (C=O) groups excluding carboxylic acids is 1. The molecule has 0 spiro atoms. The van der Waals surface area contributed by atoms with Crippen molar-refractivity contribution in [3.05, 3.63) is 47.0 Å². The number of hydrogen-bond donors (Lipinski definition) is 1. The number of fused-ring (bicyclic) bond motifs is 1. The molecule has 30 heavy (non-hydrogen) atoms. The Labute approximate surface area is 181 Å². The van der Waals surface area contributed by atoms with Gasteiger partial charge in [0.25, 0.3) is 0 Å². The van der Waals surface area contributed by atoms with Gasteiger partial charge in [0.05, 0.1) is 12.9 Å². The Morgan fingerprint density at radius 1 is 1.23 bits per heavy atom. The summed E-state index contributed by atoms with van der Waals surface area (Å²) in [4.78, 5) is 28.1. The fourth-order valence-corrected chi connectivity index (χ4v) is 3.87. The highest BCUT2D eigenvalue weighted by molar-refractivity contribution is 6.30. The van der Waals surface area contributed by atoms with Crippen molar-refractivity contribution in [2.24, 2.45) is 0 Å². The Kier molecular flexibility index (Phi) is 5.40. The second kappa shape index (κ2) is 7.87. The van der Waals surface area contributed by atoms with Crippen LogP contribution in [0.4, 0.5) is 5.82 Å². The van der Waals surface area contributed by atoms with Crippen LogP contribution in [0.15, 0.2) is 30.6 Å². The molecule has 3 aromatic rings. The number of benzene rings is 1. The third-order valence-electron chi connectivity index (χ3n) is 5.28. The highest BCUT2D eigenvalue weighted by atomic mass is 35.5. The number of anilines is 1. The van der Waals surface area contributed by atoms with Crippen molar-refractivity contribution in [2.75, 3.05) is 18.0 Å². The maximum atomic E-state index is 11.5. The van der Waals surface area contributed by atoms with Crippen LogP contribution in [0.5, 0.6) is 0 Å². The van der Waals surface area contributed by atoms with E-state index in [1.807, 2.05) is 30.6 Å². The second-order valence-electron chi connectivity index (χ2n) is 8.92. The predicted octanol–water partition coefficient (Wildman–Crippen LogP) is 3.54. The summed E-state index contributed by atoms with van der Waals surface area (Å²) in [5, 5.41) is 3.74. The Morgan fingerprint density at radius 3 is 2.63 bits per heavy atom. The van der Waals surface area contributed by atoms with E-state index >= 15 is 0 Å². The number of nitrogens with one attached hydrogen (secondary N) is 1. The lowest BCUT2D eigenvalue weighted by atomic mass is 9.96. The minimum Gasteiger partial charge on any atom is -0.353 e. The molecule has 2 aromatic heterocycles. The molecule has 8 heteroatoms. The van der Waals surface area contributed by atoms with Crippen LogP contribution < -0.4 is 10.2 Å². The van der Waals surface area contributed by atoms with E-state index < -0.39 is 0 Å². The van der Waals surface area contributed by atoms with Gasteiger partial charge in [-0.1, -0.05) is 44.5 Å². The van der Waals surface area contributed by atoms with Gasteiger partial charge in [0.1, 0.15) is 5.82 Å². The van der Waals surface area contributed by atoms with Crippen molar-refractivity contribution < 1.29 is 4.79 Å². The van der Waals surface area contributed by atoms with E-state index in [1.54, 1.807) is 6.92 Å². The van der Waals surface area contributed by atoms with Gasteiger partial charge >= 0.3 is 0 Å². The Hall–Kier alpha value is -2.67. The predicted molar refractivity (Wildman–Crippen MR) is 119 cm³/mol. The molecule has 0 aliphatic carbocycles. The Bertz CT molecular complexity index is 1070. The minimum atomic E-state index is -0.199. The number of nitrogens with zero attached hydrogens (tertiary/aromatic N) is 5. The van der Waals surface area contributed by atoms with Crippen molar-refractivity contribution >= 4 is 34.5 Å². The average molecular weight is 427 g/mol. The summed E-state index contributed by atoms with van der Waals surface area (Å²) in [6.45, 7) is 10.1. The molecule has 1 fully saturated rings. The molecule has 0 saturated carbocycles. The van der Waals surface area contributed by atoms with Crippen LogP contribution in [-0.4, -0.2) is 44.6 Å². The molecule has 3 heterocycles. The molecule has 7 nitrogen and oxygen atoms in total. The van der Waals surface area contributed by atoms with E-state index in [-0.39, 0.29) is 17.4 Å². The van der Waals surface area contributed by atoms with Crippen LogP contribution in [0.25, 0.3) is 11.2 Å². The molecule has 0 unspecified atom stereocenters. The molecule has 1 N–H and O–H groups in total. The van der Waals surface area contributed by atoms with Gasteiger partial charge in [0, 0.05) is 36.5 Å². The number of rotatable bonds is 4. The maximum Gasteiger partial charge on any atom is 0.217 e. The molecule has 1 aromatic carbocycles. The van der Waals surface area contributed by atoms with Crippen molar-refractivity contribution in [3.63, 3.8) is 0 Å². The van der Waals surface area contributed by atoms with E-state index in [2.05, 4.69) is 40.5 Å². The third-order valence-corrected chi connectivity index (χ3v) is 5.53. The minimum absolute atomic E-state index is 0.00249. The standard InChI is InChI=1S/C22H27ClN6O/c1-14(30)25-17-9-10-28(12-17)19-18-20(27-21(26-19)22(2,3)4)29(13-24-18)11-15-5-7-16(23)8-6-15/h5-8,13,17H,9-12H2,1-4H3,(H,25,30)/t17-/m0/s1. The maximum absolute atomic E-state index is 11.5. The van der Waals surface area contributed by atoms with Gasteiger partial charge in [-0.3, -0.25) is 4.79 Å². The van der Waals surface area contributed by atoms with Gasteiger partial charge in [-0.25, -0.2) is 15.0 Å². The highest BCUT2D eigenvalue weighted by Crippen LogP contribution is 2.30. The van der Waals surface area contributed by atoms with Crippen LogP contribution in [0, 0.1) is 0 Å². The van der Waals surface area contributed by atoms with Crippen LogP contribution in [-0.2, 0) is 16.8 Å². The number of imidazole rings is 1. The molecule has 1 aliphatic heterocycles. The van der Waals surface area contributed by atoms with Crippen molar-refractivity contribution in [3.8, 4) is 0 Å². The first-order valence-electron chi connectivity index (χ1n) is 10.2. The molecule has 1 aliphatic rings. The SMILES string of the molecule is CC(=O)N[C@H]1CCN(c2nc(C(C)(C)C)nc3c2ncn3Cc2ccc(Cl)cc2)C1. The molecule has 1 amide bonds. The van der Waals surface area contributed by atoms with E-state index in [0.29, 0.717) is 6.54 Å². The zero-order valence-electron chi connectivity index (χ0n) is 17.8. The fourth-order valence-electron chi connectivity index (χ4n) is 3.75. The summed E-state index contributed by atoms with van der Waals surface area (Å²) in [7, 11) is 0. The summed E-state index contributed by atoms with van der Waals surface area (Å²) in [5.74, 6) is 1.62. The van der Waals surface area contributed by atoms with Crippen molar-refractivity contribution in [1.82, 2.24) is 24.8 Å². The monoisotopic (exact) mass is 426 g/mol. The first-order valence-corrected chi connectivity index (χ1v) is 10.6. The van der Waals surface area contributed by atoms with Crippen LogP contribution in [0.3, 0.4) is 0 Å². The summed E-state index contributed by atoms with van der Waals surface area (Å²) in [6.07, 6.45) is 2.71. The van der Waals surface area contributed by atoms with E-state index in [1.165, 1.54) is 0 Å². The lowest BCUT2D eigenvalue weighted by Gasteiger charge is -2.22. The normalized spacial score (nSPS) is 17.0. The number of amides is 1. The van der Waals surface area contributed by atoms with Crippen LogP contribution in [0.2, 0.25) is 5.02 Å². The summed E-state index contributed by atoms with van der Waals surface area (Å²) in [6, 6.07) is 7.94. The van der Waals surface area contributed by atoms with Gasteiger partial charge in [0.15, 0.2) is 17.0 Å². The second-order valence-corrected chi connectivity index (χ2v) is 9.36. The molecule has 1 saturated heterocycles. The first-order chi connectivity index (χ1) is 14.2. The van der Waals surface area contributed by atoms with Gasteiger partial charge in [0.2, 0.25) is 5.91 Å². The summed E-state index contributed by atoms with van der Waals surface area (Å²) in [5.41, 5.74) is 2.54. The molecule has 4 rings (SSSR count). The highest BCUT2D eigenvalue weighted by Gasteiger charge is 2.29. The van der Waals surface area contributed by atoms with Crippen LogP contribution in [0.1, 0.15) is 45.5 Å². The zero-order chi connectivity index (χ0) is 21.5. The molecular weight excluding hydrogens is 400 g/mol. The van der Waals surface area contributed by atoms with Gasteiger partial charge < -0.3 is 14.8 Å². The molecule has 0 radical (unpaired) electrons.